The number of hydrogen-bond donors (Lipinski definition) is 0. The average molecular weight is 148 g/mol. The van der Waals surface area contributed by atoms with Gasteiger partial charge in [0.15, 0.2) is 0 Å². The smallest absolute Gasteiger partial charge is 0.207 e. The van der Waals surface area contributed by atoms with Crippen LogP contribution in [0.4, 0.5) is 8.78 Å². The van der Waals surface area contributed by atoms with E-state index in [9.17, 15) is 8.78 Å². The molecule has 0 aromatic carbocycles. The molecule has 0 unspecified atom stereocenters. The third-order valence-electron chi connectivity index (χ3n) is 2.45. The van der Waals surface area contributed by atoms with Crippen LogP contribution in [0.5, 0.6) is 0 Å². The molecule has 0 N–H and O–H groups in total. The Hall–Kier alpha value is -0.140. The van der Waals surface area contributed by atoms with E-state index in [-0.39, 0.29) is 6.42 Å². The molecule has 0 heterocycles. The summed E-state index contributed by atoms with van der Waals surface area (Å²) in [5.74, 6) is -2.29. The molecule has 0 aromatic heterocycles. The Labute approximate surface area is 60.6 Å². The standard InChI is InChI=1S/C8H14F2/c1-6-3-4-8(9,10)7(2)5-6/h6-7H,3-5H2,1-2H3/t6-,7-/m0/s1. The molecule has 2 atom stereocenters. The molecule has 1 rings (SSSR count). The maximum Gasteiger partial charge on any atom is 0.250 e. The lowest BCUT2D eigenvalue weighted by atomic mass is 9.81. The average Bonchev–Trinajstić information content (AvgIpc) is 1.81. The van der Waals surface area contributed by atoms with E-state index in [2.05, 4.69) is 0 Å². The lowest BCUT2D eigenvalue weighted by molar-refractivity contribution is -0.0888. The number of rotatable bonds is 0. The second kappa shape index (κ2) is 2.48. The molecule has 0 spiro atoms. The predicted octanol–water partition coefficient (Wildman–Crippen LogP) is 3.08. The lowest BCUT2D eigenvalue weighted by Gasteiger charge is -2.32. The zero-order valence-corrected chi connectivity index (χ0v) is 6.53. The highest BCUT2D eigenvalue weighted by Gasteiger charge is 2.40. The van der Waals surface area contributed by atoms with E-state index in [1.807, 2.05) is 6.92 Å². The maximum absolute atomic E-state index is 12.8. The van der Waals surface area contributed by atoms with Crippen LogP contribution in [0.1, 0.15) is 33.1 Å². The molecule has 0 saturated heterocycles. The Morgan fingerprint density at radius 2 is 1.90 bits per heavy atom. The fraction of sp³-hybridized carbons (Fsp3) is 1.00. The Morgan fingerprint density at radius 1 is 1.30 bits per heavy atom. The highest BCUT2D eigenvalue weighted by atomic mass is 19.3. The van der Waals surface area contributed by atoms with E-state index in [0.29, 0.717) is 18.8 Å². The van der Waals surface area contributed by atoms with Gasteiger partial charge in [0.2, 0.25) is 0 Å². The van der Waals surface area contributed by atoms with Crippen molar-refractivity contribution in [1.29, 1.82) is 0 Å². The van der Waals surface area contributed by atoms with E-state index in [1.165, 1.54) is 0 Å². The molecule has 1 aliphatic rings. The summed E-state index contributed by atoms with van der Waals surface area (Å²) in [5.41, 5.74) is 0. The van der Waals surface area contributed by atoms with Gasteiger partial charge >= 0.3 is 0 Å². The molecule has 10 heavy (non-hydrogen) atoms. The molecule has 2 heteroatoms. The van der Waals surface area contributed by atoms with Gasteiger partial charge in [0.05, 0.1) is 0 Å². The molecule has 1 fully saturated rings. The van der Waals surface area contributed by atoms with Crippen molar-refractivity contribution in [2.45, 2.75) is 39.0 Å². The predicted molar refractivity (Wildman–Crippen MR) is 37.1 cm³/mol. The van der Waals surface area contributed by atoms with E-state index in [0.717, 1.165) is 0 Å². The fourth-order valence-electron chi connectivity index (χ4n) is 1.58. The second-order valence-electron chi connectivity index (χ2n) is 3.54. The first kappa shape index (κ1) is 7.96. The van der Waals surface area contributed by atoms with E-state index >= 15 is 0 Å². The van der Waals surface area contributed by atoms with Gasteiger partial charge < -0.3 is 0 Å². The zero-order chi connectivity index (χ0) is 7.78. The van der Waals surface area contributed by atoms with Gasteiger partial charge in [-0.15, -0.1) is 0 Å². The molecule has 1 saturated carbocycles. The van der Waals surface area contributed by atoms with Crippen LogP contribution in [0.2, 0.25) is 0 Å². The minimum atomic E-state index is -2.38. The summed E-state index contributed by atoms with van der Waals surface area (Å²) in [6.45, 7) is 3.70. The maximum atomic E-state index is 12.8. The number of halogens is 2. The van der Waals surface area contributed by atoms with Gasteiger partial charge in [-0.3, -0.25) is 0 Å². The molecule has 0 amide bonds. The van der Waals surface area contributed by atoms with Gasteiger partial charge in [-0.1, -0.05) is 13.8 Å². The number of hydrogen-bond acceptors (Lipinski definition) is 0. The molecular weight excluding hydrogens is 134 g/mol. The highest BCUT2D eigenvalue weighted by molar-refractivity contribution is 4.81. The summed E-state index contributed by atoms with van der Waals surface area (Å²) in [5, 5.41) is 0. The Balaban J connectivity index is 2.52. The molecule has 0 radical (unpaired) electrons. The molecule has 60 valence electrons. The molecule has 0 aromatic rings. The second-order valence-corrected chi connectivity index (χ2v) is 3.54. The minimum Gasteiger partial charge on any atom is -0.207 e. The van der Waals surface area contributed by atoms with Crippen LogP contribution >= 0.6 is 0 Å². The van der Waals surface area contributed by atoms with Crippen LogP contribution in [0.15, 0.2) is 0 Å². The molecule has 0 nitrogen and oxygen atoms in total. The van der Waals surface area contributed by atoms with Crippen molar-refractivity contribution in [3.63, 3.8) is 0 Å². The molecule has 0 bridgehead atoms. The summed E-state index contributed by atoms with van der Waals surface area (Å²) in [6, 6.07) is 0. The van der Waals surface area contributed by atoms with Crippen molar-refractivity contribution in [2.75, 3.05) is 0 Å². The summed E-state index contributed by atoms with van der Waals surface area (Å²) in [6.07, 6.45) is 1.47. The van der Waals surface area contributed by atoms with Crippen molar-refractivity contribution < 1.29 is 8.78 Å². The van der Waals surface area contributed by atoms with Gasteiger partial charge in [-0.25, -0.2) is 8.78 Å². The SMILES string of the molecule is C[C@H]1CCC(F)(F)[C@@H](C)C1. The van der Waals surface area contributed by atoms with Gasteiger partial charge in [0, 0.05) is 12.3 Å². The monoisotopic (exact) mass is 148 g/mol. The van der Waals surface area contributed by atoms with Crippen molar-refractivity contribution in [2.24, 2.45) is 11.8 Å². The first-order valence-corrected chi connectivity index (χ1v) is 3.90. The topological polar surface area (TPSA) is 0 Å². The van der Waals surface area contributed by atoms with Crippen molar-refractivity contribution >= 4 is 0 Å². The Kier molecular flexibility index (Phi) is 1.97. The zero-order valence-electron chi connectivity index (χ0n) is 6.53. The van der Waals surface area contributed by atoms with Crippen LogP contribution in [0.25, 0.3) is 0 Å². The van der Waals surface area contributed by atoms with Crippen molar-refractivity contribution in [3.05, 3.63) is 0 Å². The minimum absolute atomic E-state index is 0.0926. The highest BCUT2D eigenvalue weighted by Crippen LogP contribution is 2.40. The molecule has 0 aliphatic heterocycles. The van der Waals surface area contributed by atoms with E-state index in [4.69, 9.17) is 0 Å². The van der Waals surface area contributed by atoms with Crippen LogP contribution in [0.3, 0.4) is 0 Å². The number of alkyl halides is 2. The Bertz CT molecular complexity index is 120. The first-order valence-electron chi connectivity index (χ1n) is 3.90. The third kappa shape index (κ3) is 1.47. The van der Waals surface area contributed by atoms with E-state index < -0.39 is 11.8 Å². The lowest BCUT2D eigenvalue weighted by Crippen LogP contribution is -2.32. The summed E-state index contributed by atoms with van der Waals surface area (Å²) >= 11 is 0. The molecular formula is C8H14F2. The summed E-state index contributed by atoms with van der Waals surface area (Å²) in [7, 11) is 0. The molecule has 1 aliphatic carbocycles. The third-order valence-corrected chi connectivity index (χ3v) is 2.45. The van der Waals surface area contributed by atoms with Crippen molar-refractivity contribution in [1.82, 2.24) is 0 Å². The summed E-state index contributed by atoms with van der Waals surface area (Å²) < 4.78 is 25.5. The largest absolute Gasteiger partial charge is 0.250 e. The summed E-state index contributed by atoms with van der Waals surface area (Å²) in [4.78, 5) is 0. The normalized spacial score (nSPS) is 39.6. The Morgan fingerprint density at radius 3 is 2.30 bits per heavy atom. The quantitative estimate of drug-likeness (QED) is 0.495. The van der Waals surface area contributed by atoms with Gasteiger partial charge in [0.1, 0.15) is 0 Å². The van der Waals surface area contributed by atoms with Crippen LogP contribution in [-0.2, 0) is 0 Å². The fourth-order valence-corrected chi connectivity index (χ4v) is 1.58. The van der Waals surface area contributed by atoms with Gasteiger partial charge in [-0.2, -0.15) is 0 Å². The van der Waals surface area contributed by atoms with Crippen LogP contribution in [-0.4, -0.2) is 5.92 Å². The van der Waals surface area contributed by atoms with Gasteiger partial charge in [0.25, 0.3) is 5.92 Å². The van der Waals surface area contributed by atoms with Crippen molar-refractivity contribution in [3.8, 4) is 0 Å². The van der Waals surface area contributed by atoms with Crippen LogP contribution < -0.4 is 0 Å². The van der Waals surface area contributed by atoms with E-state index in [1.54, 1.807) is 6.92 Å². The van der Waals surface area contributed by atoms with Gasteiger partial charge in [-0.05, 0) is 18.8 Å². The first-order chi connectivity index (χ1) is 4.52. The van der Waals surface area contributed by atoms with Crippen LogP contribution in [0, 0.1) is 11.8 Å².